The van der Waals surface area contributed by atoms with Crippen LogP contribution in [0.15, 0.2) is 6.07 Å². The number of rotatable bonds is 3. The lowest BCUT2D eigenvalue weighted by molar-refractivity contribution is 0.327. The zero-order chi connectivity index (χ0) is 16.4. The maximum absolute atomic E-state index is 9.54. The fourth-order valence-corrected chi connectivity index (χ4v) is 2.99. The molecule has 7 heteroatoms. The number of hydrogen-bond acceptors (Lipinski definition) is 7. The maximum Gasteiger partial charge on any atom is 0.234 e. The second-order valence-corrected chi connectivity index (χ2v) is 5.56. The summed E-state index contributed by atoms with van der Waals surface area (Å²) in [6.45, 7) is 4.13. The molecule has 1 saturated heterocycles. The number of nitrogens with zero attached hydrogens (tertiary/aromatic N) is 4. The number of nitriles is 1. The van der Waals surface area contributed by atoms with Gasteiger partial charge in [0, 0.05) is 18.5 Å². The standard InChI is InChI=1S/C16H20N6O/c1-2-23-16-11(9-17)10-8-12(22-6-4-3-5-7-22)20-14(18)13(10)15(19)21-16/h8H,2-7H2,1H3,(H2,18,20)(H2,19,21). The van der Waals surface area contributed by atoms with Gasteiger partial charge in [-0.1, -0.05) is 0 Å². The largest absolute Gasteiger partial charge is 0.477 e. The summed E-state index contributed by atoms with van der Waals surface area (Å²) in [5.41, 5.74) is 12.5. The molecule has 2 aromatic heterocycles. The third kappa shape index (κ3) is 2.68. The van der Waals surface area contributed by atoms with Gasteiger partial charge in [0.1, 0.15) is 29.1 Å². The van der Waals surface area contributed by atoms with Gasteiger partial charge < -0.3 is 21.1 Å². The highest BCUT2D eigenvalue weighted by atomic mass is 16.5. The molecule has 4 N–H and O–H groups in total. The first-order valence-corrected chi connectivity index (χ1v) is 7.83. The Balaban J connectivity index is 2.22. The van der Waals surface area contributed by atoms with Crippen molar-refractivity contribution >= 4 is 28.2 Å². The van der Waals surface area contributed by atoms with Crippen LogP contribution in [0.3, 0.4) is 0 Å². The van der Waals surface area contributed by atoms with Gasteiger partial charge in [-0.15, -0.1) is 0 Å². The van der Waals surface area contributed by atoms with E-state index in [-0.39, 0.29) is 11.7 Å². The highest BCUT2D eigenvalue weighted by molar-refractivity contribution is 6.03. The maximum atomic E-state index is 9.54. The molecule has 23 heavy (non-hydrogen) atoms. The van der Waals surface area contributed by atoms with Crippen LogP contribution in [0.25, 0.3) is 10.8 Å². The van der Waals surface area contributed by atoms with Gasteiger partial charge in [-0.2, -0.15) is 10.2 Å². The van der Waals surface area contributed by atoms with Gasteiger partial charge in [0.25, 0.3) is 0 Å². The first-order chi connectivity index (χ1) is 11.2. The van der Waals surface area contributed by atoms with E-state index in [1.165, 1.54) is 6.42 Å². The van der Waals surface area contributed by atoms with Crippen LogP contribution in [0, 0.1) is 11.3 Å². The first kappa shape index (κ1) is 15.2. The molecule has 0 saturated carbocycles. The van der Waals surface area contributed by atoms with E-state index >= 15 is 0 Å². The van der Waals surface area contributed by atoms with Crippen LogP contribution in [0.4, 0.5) is 17.5 Å². The van der Waals surface area contributed by atoms with Crippen molar-refractivity contribution in [3.63, 3.8) is 0 Å². The number of aromatic nitrogens is 2. The lowest BCUT2D eigenvalue weighted by Gasteiger charge is -2.28. The Labute approximate surface area is 134 Å². The molecule has 1 aliphatic rings. The number of nitrogens with two attached hydrogens (primary N) is 2. The number of pyridine rings is 2. The Morgan fingerprint density at radius 1 is 1.22 bits per heavy atom. The molecular formula is C16H20N6O. The third-order valence-electron chi connectivity index (χ3n) is 4.07. The van der Waals surface area contributed by atoms with E-state index in [1.807, 2.05) is 13.0 Å². The normalized spacial score (nSPS) is 14.7. The minimum absolute atomic E-state index is 0.234. The molecule has 2 aromatic rings. The Kier molecular flexibility index (Phi) is 4.06. The molecule has 0 aliphatic carbocycles. The number of fused-ring (bicyclic) bond motifs is 1. The van der Waals surface area contributed by atoms with Crippen molar-refractivity contribution in [3.05, 3.63) is 11.6 Å². The van der Waals surface area contributed by atoms with Crippen LogP contribution in [-0.4, -0.2) is 29.7 Å². The van der Waals surface area contributed by atoms with Crippen molar-refractivity contribution in [3.8, 4) is 11.9 Å². The Hall–Kier alpha value is -2.75. The predicted molar refractivity (Wildman–Crippen MR) is 90.3 cm³/mol. The monoisotopic (exact) mass is 312 g/mol. The Bertz CT molecular complexity index is 776. The molecule has 0 bridgehead atoms. The van der Waals surface area contributed by atoms with Crippen LogP contribution in [0.5, 0.6) is 5.88 Å². The number of nitrogen functional groups attached to an aromatic ring is 2. The molecule has 1 aliphatic heterocycles. The zero-order valence-corrected chi connectivity index (χ0v) is 13.2. The molecule has 0 spiro atoms. The second kappa shape index (κ2) is 6.16. The molecule has 3 rings (SSSR count). The number of piperidine rings is 1. The van der Waals surface area contributed by atoms with Gasteiger partial charge in [0.05, 0.1) is 12.0 Å². The second-order valence-electron chi connectivity index (χ2n) is 5.56. The lowest BCUT2D eigenvalue weighted by Crippen LogP contribution is -2.30. The number of hydrogen-bond donors (Lipinski definition) is 2. The summed E-state index contributed by atoms with van der Waals surface area (Å²) in [4.78, 5) is 10.8. The van der Waals surface area contributed by atoms with Crippen LogP contribution in [-0.2, 0) is 0 Å². The van der Waals surface area contributed by atoms with Crippen molar-refractivity contribution < 1.29 is 4.74 Å². The predicted octanol–water partition coefficient (Wildman–Crippen LogP) is 2.05. The summed E-state index contributed by atoms with van der Waals surface area (Å²) in [6.07, 6.45) is 3.50. The minimum Gasteiger partial charge on any atom is -0.477 e. The van der Waals surface area contributed by atoms with Crippen molar-refractivity contribution in [2.45, 2.75) is 26.2 Å². The third-order valence-corrected chi connectivity index (χ3v) is 4.07. The molecule has 7 nitrogen and oxygen atoms in total. The van der Waals surface area contributed by atoms with Crippen LogP contribution in [0.2, 0.25) is 0 Å². The van der Waals surface area contributed by atoms with Gasteiger partial charge in [-0.25, -0.2) is 4.98 Å². The fourth-order valence-electron chi connectivity index (χ4n) is 2.99. The molecule has 120 valence electrons. The number of ether oxygens (including phenoxy) is 1. The van der Waals surface area contributed by atoms with E-state index < -0.39 is 0 Å². The van der Waals surface area contributed by atoms with Crippen molar-refractivity contribution in [2.75, 3.05) is 36.1 Å². The minimum atomic E-state index is 0.234. The molecule has 0 unspecified atom stereocenters. The lowest BCUT2D eigenvalue weighted by atomic mass is 10.1. The van der Waals surface area contributed by atoms with Gasteiger partial charge in [0.15, 0.2) is 0 Å². The highest BCUT2D eigenvalue weighted by Gasteiger charge is 2.20. The summed E-state index contributed by atoms with van der Waals surface area (Å²) in [5, 5.41) is 10.7. The van der Waals surface area contributed by atoms with E-state index in [4.69, 9.17) is 16.2 Å². The quantitative estimate of drug-likeness (QED) is 0.891. The molecule has 0 aromatic carbocycles. The van der Waals surface area contributed by atoms with Crippen molar-refractivity contribution in [1.82, 2.24) is 9.97 Å². The van der Waals surface area contributed by atoms with Gasteiger partial charge in [-0.05, 0) is 32.3 Å². The fraction of sp³-hybridized carbons (Fsp3) is 0.438. The SMILES string of the molecule is CCOc1nc(N)c2c(N)nc(N3CCCCC3)cc2c1C#N. The van der Waals surface area contributed by atoms with Gasteiger partial charge in [0.2, 0.25) is 5.88 Å². The van der Waals surface area contributed by atoms with Crippen LogP contribution >= 0.6 is 0 Å². The smallest absolute Gasteiger partial charge is 0.234 e. The van der Waals surface area contributed by atoms with Gasteiger partial charge in [-0.3, -0.25) is 0 Å². The topological polar surface area (TPSA) is 114 Å². The van der Waals surface area contributed by atoms with E-state index in [2.05, 4.69) is 20.9 Å². The molecule has 0 amide bonds. The zero-order valence-electron chi connectivity index (χ0n) is 13.2. The summed E-state index contributed by atoms with van der Waals surface area (Å²) in [7, 11) is 0. The van der Waals surface area contributed by atoms with Crippen LogP contribution in [0.1, 0.15) is 31.7 Å². The van der Waals surface area contributed by atoms with Gasteiger partial charge >= 0.3 is 0 Å². The summed E-state index contributed by atoms with van der Waals surface area (Å²) in [5.74, 6) is 1.56. The molecular weight excluding hydrogens is 292 g/mol. The average molecular weight is 312 g/mol. The van der Waals surface area contributed by atoms with E-state index in [0.717, 1.165) is 31.7 Å². The van der Waals surface area contributed by atoms with E-state index in [9.17, 15) is 5.26 Å². The summed E-state index contributed by atoms with van der Waals surface area (Å²) < 4.78 is 5.45. The average Bonchev–Trinajstić information content (AvgIpc) is 2.55. The number of anilines is 3. The highest BCUT2D eigenvalue weighted by Crippen LogP contribution is 2.35. The van der Waals surface area contributed by atoms with Crippen molar-refractivity contribution in [2.24, 2.45) is 0 Å². The molecule has 0 atom stereocenters. The molecule has 3 heterocycles. The Morgan fingerprint density at radius 3 is 2.57 bits per heavy atom. The molecule has 0 radical (unpaired) electrons. The van der Waals surface area contributed by atoms with Crippen LogP contribution < -0.4 is 21.1 Å². The van der Waals surface area contributed by atoms with E-state index in [0.29, 0.717) is 28.8 Å². The Morgan fingerprint density at radius 2 is 1.91 bits per heavy atom. The molecule has 1 fully saturated rings. The van der Waals surface area contributed by atoms with E-state index in [1.54, 1.807) is 0 Å². The first-order valence-electron chi connectivity index (χ1n) is 7.83. The summed E-state index contributed by atoms with van der Waals surface area (Å²) in [6, 6.07) is 4.03. The van der Waals surface area contributed by atoms with Crippen molar-refractivity contribution in [1.29, 1.82) is 5.26 Å². The summed E-state index contributed by atoms with van der Waals surface area (Å²) >= 11 is 0.